The maximum absolute atomic E-state index is 6.24. The van der Waals surface area contributed by atoms with E-state index in [1.807, 2.05) is 31.2 Å². The van der Waals surface area contributed by atoms with Crippen LogP contribution in [0, 0.1) is 6.92 Å². The monoisotopic (exact) mass is 363 g/mol. The van der Waals surface area contributed by atoms with Gasteiger partial charge in [0.15, 0.2) is 5.82 Å². The molecule has 0 aliphatic rings. The van der Waals surface area contributed by atoms with E-state index in [2.05, 4.69) is 31.5 Å². The van der Waals surface area contributed by atoms with Crippen LogP contribution in [0.5, 0.6) is 0 Å². The number of hydrogen-bond donors (Lipinski definition) is 1. The third-order valence-corrected chi connectivity index (χ3v) is 3.75. The number of anilines is 1. The zero-order chi connectivity index (χ0) is 15.0. The molecule has 1 heterocycles. The first-order chi connectivity index (χ1) is 10.0. The summed E-state index contributed by atoms with van der Waals surface area (Å²) in [6, 6.07) is 11.2. The van der Waals surface area contributed by atoms with E-state index in [-0.39, 0.29) is 0 Å². The lowest BCUT2D eigenvalue weighted by Crippen LogP contribution is -2.01. The van der Waals surface area contributed by atoms with Gasteiger partial charge in [0, 0.05) is 15.7 Å². The van der Waals surface area contributed by atoms with Gasteiger partial charge < -0.3 is 5.73 Å². The molecule has 2 N–H and O–H groups in total. The van der Waals surface area contributed by atoms with Crippen molar-refractivity contribution in [3.05, 3.63) is 51.5 Å². The van der Waals surface area contributed by atoms with Gasteiger partial charge in [0.1, 0.15) is 0 Å². The molecular formula is C14H11BrClN5. The maximum Gasteiger partial charge on any atom is 0.188 e. The summed E-state index contributed by atoms with van der Waals surface area (Å²) < 4.78 is 2.61. The Morgan fingerprint density at radius 1 is 1.19 bits per heavy atom. The Kier molecular flexibility index (Phi) is 3.65. The molecule has 7 heteroatoms. The van der Waals surface area contributed by atoms with Crippen LogP contribution in [0.1, 0.15) is 5.56 Å². The van der Waals surface area contributed by atoms with Crippen LogP contribution in [0.2, 0.25) is 5.02 Å². The minimum absolute atomic E-state index is 0.512. The Balaban J connectivity index is 2.17. The van der Waals surface area contributed by atoms with E-state index < -0.39 is 0 Å². The van der Waals surface area contributed by atoms with Gasteiger partial charge >= 0.3 is 0 Å². The fourth-order valence-electron chi connectivity index (χ4n) is 2.08. The average molecular weight is 365 g/mol. The van der Waals surface area contributed by atoms with Crippen molar-refractivity contribution in [1.29, 1.82) is 0 Å². The first kappa shape index (κ1) is 14.0. The van der Waals surface area contributed by atoms with Gasteiger partial charge in [0.05, 0.1) is 10.7 Å². The molecule has 21 heavy (non-hydrogen) atoms. The van der Waals surface area contributed by atoms with Crippen LogP contribution in [0.3, 0.4) is 0 Å². The van der Waals surface area contributed by atoms with Crippen molar-refractivity contribution in [2.45, 2.75) is 6.92 Å². The number of benzene rings is 2. The molecule has 0 atom stereocenters. The summed E-state index contributed by atoms with van der Waals surface area (Å²) in [4.78, 5) is 0. The van der Waals surface area contributed by atoms with Crippen molar-refractivity contribution in [1.82, 2.24) is 20.2 Å². The second-order valence-electron chi connectivity index (χ2n) is 4.64. The molecule has 0 aliphatic heterocycles. The van der Waals surface area contributed by atoms with Gasteiger partial charge in [-0.05, 0) is 59.3 Å². The third-order valence-electron chi connectivity index (χ3n) is 2.98. The minimum Gasteiger partial charge on any atom is -0.399 e. The molecule has 0 unspecified atom stereocenters. The minimum atomic E-state index is 0.512. The lowest BCUT2D eigenvalue weighted by molar-refractivity contribution is 0.790. The molecule has 0 aliphatic carbocycles. The summed E-state index contributed by atoms with van der Waals surface area (Å²) in [5.41, 5.74) is 9.01. The Morgan fingerprint density at radius 3 is 2.71 bits per heavy atom. The number of nitrogen functional groups attached to an aromatic ring is 1. The van der Waals surface area contributed by atoms with Crippen molar-refractivity contribution < 1.29 is 0 Å². The number of halogens is 2. The zero-order valence-electron chi connectivity index (χ0n) is 11.1. The smallest absolute Gasteiger partial charge is 0.188 e. The van der Waals surface area contributed by atoms with E-state index in [1.54, 1.807) is 16.8 Å². The molecule has 106 valence electrons. The average Bonchev–Trinajstić information content (AvgIpc) is 2.86. The van der Waals surface area contributed by atoms with Crippen LogP contribution in [0.25, 0.3) is 17.1 Å². The molecule has 2 aromatic carbocycles. The summed E-state index contributed by atoms with van der Waals surface area (Å²) in [6.07, 6.45) is 0. The Bertz CT molecular complexity index is 795. The Morgan fingerprint density at radius 2 is 2.00 bits per heavy atom. The van der Waals surface area contributed by atoms with Gasteiger partial charge in [-0.2, -0.15) is 4.68 Å². The highest BCUT2D eigenvalue weighted by molar-refractivity contribution is 9.10. The molecule has 0 fully saturated rings. The van der Waals surface area contributed by atoms with E-state index in [4.69, 9.17) is 17.3 Å². The molecule has 0 spiro atoms. The van der Waals surface area contributed by atoms with Gasteiger partial charge in [0.25, 0.3) is 0 Å². The van der Waals surface area contributed by atoms with E-state index in [0.717, 1.165) is 21.3 Å². The zero-order valence-corrected chi connectivity index (χ0v) is 13.4. The highest BCUT2D eigenvalue weighted by Gasteiger charge is 2.14. The Labute approximate surface area is 134 Å². The molecule has 0 radical (unpaired) electrons. The van der Waals surface area contributed by atoms with Crippen molar-refractivity contribution in [2.24, 2.45) is 0 Å². The van der Waals surface area contributed by atoms with Gasteiger partial charge in [-0.1, -0.05) is 27.5 Å². The van der Waals surface area contributed by atoms with Crippen LogP contribution in [0.15, 0.2) is 40.9 Å². The first-order valence-corrected chi connectivity index (χ1v) is 7.33. The number of nitrogens with zero attached hydrogens (tertiary/aromatic N) is 4. The first-order valence-electron chi connectivity index (χ1n) is 6.16. The standard InChI is InChI=1S/C14H11BrClN5/c1-8-4-9(15)6-11(5-8)21-14(18-19-20-21)12-3-2-10(17)7-13(12)16/h2-7H,17H2,1H3. The second kappa shape index (κ2) is 5.46. The van der Waals surface area contributed by atoms with Gasteiger partial charge in [-0.3, -0.25) is 0 Å². The summed E-state index contributed by atoms with van der Waals surface area (Å²) in [6.45, 7) is 2.01. The fraction of sp³-hybridized carbons (Fsp3) is 0.0714. The summed E-state index contributed by atoms with van der Waals surface area (Å²) in [7, 11) is 0. The van der Waals surface area contributed by atoms with Crippen LogP contribution >= 0.6 is 27.5 Å². The molecule has 0 saturated heterocycles. The van der Waals surface area contributed by atoms with E-state index in [1.165, 1.54) is 0 Å². The van der Waals surface area contributed by atoms with E-state index >= 15 is 0 Å². The number of nitrogens with two attached hydrogens (primary N) is 1. The summed E-state index contributed by atoms with van der Waals surface area (Å²) in [5.74, 6) is 0.567. The van der Waals surface area contributed by atoms with Gasteiger partial charge in [0.2, 0.25) is 0 Å². The van der Waals surface area contributed by atoms with E-state index in [0.29, 0.717) is 16.5 Å². The fourth-order valence-corrected chi connectivity index (χ4v) is 2.95. The van der Waals surface area contributed by atoms with Crippen LogP contribution in [0.4, 0.5) is 5.69 Å². The molecular weight excluding hydrogens is 354 g/mol. The van der Waals surface area contributed by atoms with Crippen molar-refractivity contribution in [3.63, 3.8) is 0 Å². The maximum atomic E-state index is 6.24. The van der Waals surface area contributed by atoms with E-state index in [9.17, 15) is 0 Å². The van der Waals surface area contributed by atoms with Crippen molar-refractivity contribution in [3.8, 4) is 17.1 Å². The highest BCUT2D eigenvalue weighted by Crippen LogP contribution is 2.29. The number of rotatable bonds is 2. The molecule has 1 aromatic heterocycles. The van der Waals surface area contributed by atoms with Crippen LogP contribution < -0.4 is 5.73 Å². The largest absolute Gasteiger partial charge is 0.399 e. The lowest BCUT2D eigenvalue weighted by Gasteiger charge is -2.08. The van der Waals surface area contributed by atoms with Gasteiger partial charge in [-0.15, -0.1) is 5.10 Å². The molecule has 0 bridgehead atoms. The molecule has 0 amide bonds. The predicted molar refractivity (Wildman–Crippen MR) is 86.4 cm³/mol. The summed E-state index contributed by atoms with van der Waals surface area (Å²) in [5, 5.41) is 12.4. The normalized spacial score (nSPS) is 10.8. The molecule has 5 nitrogen and oxygen atoms in total. The lowest BCUT2D eigenvalue weighted by atomic mass is 10.2. The van der Waals surface area contributed by atoms with Crippen LogP contribution in [-0.4, -0.2) is 20.2 Å². The number of tetrazole rings is 1. The molecule has 3 aromatic rings. The Hall–Kier alpha value is -1.92. The number of aromatic nitrogens is 4. The van der Waals surface area contributed by atoms with Crippen molar-refractivity contribution >= 4 is 33.2 Å². The highest BCUT2D eigenvalue weighted by atomic mass is 79.9. The number of hydrogen-bond acceptors (Lipinski definition) is 4. The SMILES string of the molecule is Cc1cc(Br)cc(-n2nnnc2-c2ccc(N)cc2Cl)c1. The summed E-state index contributed by atoms with van der Waals surface area (Å²) >= 11 is 9.72. The predicted octanol–water partition coefficient (Wildman–Crippen LogP) is 3.64. The second-order valence-corrected chi connectivity index (χ2v) is 5.96. The number of aryl methyl sites for hydroxylation is 1. The van der Waals surface area contributed by atoms with Crippen molar-refractivity contribution in [2.75, 3.05) is 5.73 Å². The molecule has 0 saturated carbocycles. The van der Waals surface area contributed by atoms with Crippen LogP contribution in [-0.2, 0) is 0 Å². The topological polar surface area (TPSA) is 69.6 Å². The third kappa shape index (κ3) is 2.77. The molecule has 3 rings (SSSR count). The van der Waals surface area contributed by atoms with Gasteiger partial charge in [-0.25, -0.2) is 0 Å². The quantitative estimate of drug-likeness (QED) is 0.705.